The van der Waals surface area contributed by atoms with E-state index in [2.05, 4.69) is 9.97 Å². The number of hydrogen-bond donors (Lipinski definition) is 1. The summed E-state index contributed by atoms with van der Waals surface area (Å²) in [4.78, 5) is 8.29. The van der Waals surface area contributed by atoms with Crippen LogP contribution in [0.4, 0.5) is 0 Å². The highest BCUT2D eigenvalue weighted by molar-refractivity contribution is 5.01. The first-order chi connectivity index (χ1) is 5.86. The van der Waals surface area contributed by atoms with Crippen LogP contribution in [0.5, 0.6) is 0 Å². The van der Waals surface area contributed by atoms with Gasteiger partial charge >= 0.3 is 0 Å². The number of nitrogens with zero attached hydrogens (tertiary/aromatic N) is 2. The molecule has 0 aliphatic carbocycles. The van der Waals surface area contributed by atoms with E-state index in [9.17, 15) is 0 Å². The highest BCUT2D eigenvalue weighted by atomic mass is 16.5. The topological polar surface area (TPSA) is 61.0 Å². The first kappa shape index (κ1) is 9.09. The molecule has 2 N–H and O–H groups in total. The van der Waals surface area contributed by atoms with Crippen molar-refractivity contribution in [1.29, 1.82) is 0 Å². The van der Waals surface area contributed by atoms with Gasteiger partial charge in [0.15, 0.2) is 0 Å². The minimum absolute atomic E-state index is 0.461. The quantitative estimate of drug-likeness (QED) is 0.692. The molecule has 0 fully saturated rings. The van der Waals surface area contributed by atoms with Crippen LogP contribution in [0, 0.1) is 0 Å². The molecule has 1 aromatic heterocycles. The Morgan fingerprint density at radius 1 is 1.58 bits per heavy atom. The van der Waals surface area contributed by atoms with Crippen molar-refractivity contribution < 1.29 is 4.74 Å². The monoisotopic (exact) mass is 167 g/mol. The van der Waals surface area contributed by atoms with Crippen LogP contribution in [0.25, 0.3) is 0 Å². The number of hydrogen-bond acceptors (Lipinski definition) is 4. The van der Waals surface area contributed by atoms with E-state index in [1.54, 1.807) is 13.3 Å². The van der Waals surface area contributed by atoms with Gasteiger partial charge < -0.3 is 10.5 Å². The molecule has 0 radical (unpaired) electrons. The molecule has 1 rings (SSSR count). The molecule has 1 heterocycles. The molecule has 66 valence electrons. The average molecular weight is 167 g/mol. The highest BCUT2D eigenvalue weighted by Gasteiger charge is 1.96. The van der Waals surface area contributed by atoms with E-state index in [1.807, 2.05) is 6.07 Å². The molecule has 0 spiro atoms. The van der Waals surface area contributed by atoms with E-state index in [0.717, 1.165) is 17.9 Å². The highest BCUT2D eigenvalue weighted by Crippen LogP contribution is 1.95. The second kappa shape index (κ2) is 4.79. The van der Waals surface area contributed by atoms with Crippen LogP contribution in [-0.4, -0.2) is 23.7 Å². The van der Waals surface area contributed by atoms with Gasteiger partial charge in [-0.15, -0.1) is 0 Å². The summed E-state index contributed by atoms with van der Waals surface area (Å²) >= 11 is 0. The Labute approximate surface area is 71.8 Å². The zero-order chi connectivity index (χ0) is 8.81. The fourth-order valence-electron chi connectivity index (χ4n) is 0.869. The summed E-state index contributed by atoms with van der Waals surface area (Å²) in [7, 11) is 1.66. The van der Waals surface area contributed by atoms with Crippen LogP contribution in [0.2, 0.25) is 0 Å². The summed E-state index contributed by atoms with van der Waals surface area (Å²) in [5, 5.41) is 0. The standard InChI is InChI=1S/C8H13N3O/c1-12-5-3-8-10-4-2-7(6-9)11-8/h2,4H,3,5-6,9H2,1H3. The largest absolute Gasteiger partial charge is 0.384 e. The lowest BCUT2D eigenvalue weighted by molar-refractivity contribution is 0.200. The molecule has 0 atom stereocenters. The van der Waals surface area contributed by atoms with Crippen LogP contribution in [-0.2, 0) is 17.7 Å². The molecular formula is C8H13N3O. The van der Waals surface area contributed by atoms with Gasteiger partial charge in [0.25, 0.3) is 0 Å². The summed E-state index contributed by atoms with van der Waals surface area (Å²) in [6.45, 7) is 1.11. The van der Waals surface area contributed by atoms with Crippen LogP contribution in [0.3, 0.4) is 0 Å². The Morgan fingerprint density at radius 3 is 3.08 bits per heavy atom. The molecule has 4 heteroatoms. The van der Waals surface area contributed by atoms with Gasteiger partial charge in [-0.05, 0) is 6.07 Å². The average Bonchev–Trinajstić information content (AvgIpc) is 2.15. The van der Waals surface area contributed by atoms with Crippen molar-refractivity contribution in [3.8, 4) is 0 Å². The third-order valence-electron chi connectivity index (χ3n) is 1.50. The van der Waals surface area contributed by atoms with Crippen molar-refractivity contribution in [2.45, 2.75) is 13.0 Å². The second-order valence-electron chi connectivity index (χ2n) is 2.41. The fourth-order valence-corrected chi connectivity index (χ4v) is 0.869. The molecule has 12 heavy (non-hydrogen) atoms. The summed E-state index contributed by atoms with van der Waals surface area (Å²) in [6, 6.07) is 1.82. The van der Waals surface area contributed by atoms with Gasteiger partial charge in [0, 0.05) is 26.3 Å². The number of methoxy groups -OCH3 is 1. The zero-order valence-corrected chi connectivity index (χ0v) is 7.16. The van der Waals surface area contributed by atoms with Gasteiger partial charge in [-0.2, -0.15) is 0 Å². The van der Waals surface area contributed by atoms with Crippen molar-refractivity contribution in [2.75, 3.05) is 13.7 Å². The first-order valence-electron chi connectivity index (χ1n) is 3.86. The van der Waals surface area contributed by atoms with E-state index >= 15 is 0 Å². The van der Waals surface area contributed by atoms with Gasteiger partial charge in [-0.25, -0.2) is 9.97 Å². The molecule has 0 saturated heterocycles. The Hall–Kier alpha value is -1.00. The van der Waals surface area contributed by atoms with Crippen molar-refractivity contribution in [2.24, 2.45) is 5.73 Å². The molecule has 0 unspecified atom stereocenters. The SMILES string of the molecule is COCCc1nccc(CN)n1. The van der Waals surface area contributed by atoms with Gasteiger partial charge in [0.05, 0.1) is 12.3 Å². The van der Waals surface area contributed by atoms with Gasteiger partial charge in [0.1, 0.15) is 5.82 Å². The van der Waals surface area contributed by atoms with Crippen molar-refractivity contribution in [1.82, 2.24) is 9.97 Å². The van der Waals surface area contributed by atoms with E-state index in [0.29, 0.717) is 13.2 Å². The van der Waals surface area contributed by atoms with Crippen molar-refractivity contribution in [3.63, 3.8) is 0 Å². The minimum Gasteiger partial charge on any atom is -0.384 e. The lowest BCUT2D eigenvalue weighted by Crippen LogP contribution is -2.05. The lowest BCUT2D eigenvalue weighted by atomic mass is 10.3. The fraction of sp³-hybridized carbons (Fsp3) is 0.500. The first-order valence-corrected chi connectivity index (χ1v) is 3.86. The van der Waals surface area contributed by atoms with E-state index in [1.165, 1.54) is 0 Å². The van der Waals surface area contributed by atoms with Crippen LogP contribution >= 0.6 is 0 Å². The smallest absolute Gasteiger partial charge is 0.130 e. The van der Waals surface area contributed by atoms with Crippen LogP contribution in [0.1, 0.15) is 11.5 Å². The van der Waals surface area contributed by atoms with Crippen LogP contribution in [0.15, 0.2) is 12.3 Å². The van der Waals surface area contributed by atoms with E-state index < -0.39 is 0 Å². The molecule has 1 aromatic rings. The Morgan fingerprint density at radius 2 is 2.42 bits per heavy atom. The van der Waals surface area contributed by atoms with Crippen LogP contribution < -0.4 is 5.73 Å². The summed E-state index contributed by atoms with van der Waals surface area (Å²) in [5.41, 5.74) is 6.30. The maximum Gasteiger partial charge on any atom is 0.130 e. The summed E-state index contributed by atoms with van der Waals surface area (Å²) in [6.07, 6.45) is 2.46. The molecule has 0 aliphatic rings. The van der Waals surface area contributed by atoms with Gasteiger partial charge in [0.2, 0.25) is 0 Å². The minimum atomic E-state index is 0.461. The normalized spacial score (nSPS) is 10.2. The zero-order valence-electron chi connectivity index (χ0n) is 7.16. The van der Waals surface area contributed by atoms with E-state index in [-0.39, 0.29) is 0 Å². The second-order valence-corrected chi connectivity index (χ2v) is 2.41. The van der Waals surface area contributed by atoms with Gasteiger partial charge in [-0.1, -0.05) is 0 Å². The number of aromatic nitrogens is 2. The summed E-state index contributed by atoms with van der Waals surface area (Å²) in [5.74, 6) is 0.791. The number of nitrogens with two attached hydrogens (primary N) is 1. The van der Waals surface area contributed by atoms with E-state index in [4.69, 9.17) is 10.5 Å². The van der Waals surface area contributed by atoms with Crippen molar-refractivity contribution >= 4 is 0 Å². The number of ether oxygens (including phenoxy) is 1. The molecular weight excluding hydrogens is 154 g/mol. The van der Waals surface area contributed by atoms with Crippen molar-refractivity contribution in [3.05, 3.63) is 23.8 Å². The molecule has 0 saturated carbocycles. The predicted octanol–water partition coefficient (Wildman–Crippen LogP) is 0.124. The maximum atomic E-state index is 5.43. The third kappa shape index (κ3) is 2.56. The molecule has 0 aliphatic heterocycles. The molecule has 4 nitrogen and oxygen atoms in total. The Bertz CT molecular complexity index is 239. The Balaban J connectivity index is 2.60. The molecule has 0 amide bonds. The summed E-state index contributed by atoms with van der Waals surface area (Å²) < 4.78 is 4.91. The predicted molar refractivity (Wildman–Crippen MR) is 45.5 cm³/mol. The molecule has 0 bridgehead atoms. The number of rotatable bonds is 4. The maximum absolute atomic E-state index is 5.43. The van der Waals surface area contributed by atoms with Gasteiger partial charge in [-0.3, -0.25) is 0 Å². The lowest BCUT2D eigenvalue weighted by Gasteiger charge is -2.00. The third-order valence-corrected chi connectivity index (χ3v) is 1.50. The Kier molecular flexibility index (Phi) is 3.63. The molecule has 0 aromatic carbocycles.